The Hall–Kier alpha value is -0.0431. The molecule has 0 spiro atoms. The van der Waals surface area contributed by atoms with Crippen molar-refractivity contribution < 1.29 is 9.53 Å². The van der Waals surface area contributed by atoms with E-state index in [9.17, 15) is 4.79 Å². The Labute approximate surface area is 106 Å². The third kappa shape index (κ3) is 4.86. The zero-order chi connectivity index (χ0) is 12.2. The lowest BCUT2D eigenvalue weighted by Gasteiger charge is -2.20. The highest BCUT2D eigenvalue weighted by Crippen LogP contribution is 2.15. The molecule has 0 aliphatic carbocycles. The van der Waals surface area contributed by atoms with E-state index in [1.807, 2.05) is 4.90 Å². The van der Waals surface area contributed by atoms with Crippen LogP contribution in [0.25, 0.3) is 0 Å². The van der Waals surface area contributed by atoms with Crippen molar-refractivity contribution in [3.63, 3.8) is 0 Å². The van der Waals surface area contributed by atoms with Crippen molar-refractivity contribution in [3.05, 3.63) is 0 Å². The van der Waals surface area contributed by atoms with Gasteiger partial charge in [0, 0.05) is 21.2 Å². The summed E-state index contributed by atoms with van der Waals surface area (Å²) in [5.41, 5.74) is 0.579. The van der Waals surface area contributed by atoms with Crippen LogP contribution in [0.3, 0.4) is 0 Å². The molecular weight excluding hydrogens is 288 g/mol. The molecule has 1 atom stereocenters. The lowest BCUT2D eigenvalue weighted by Crippen LogP contribution is -2.31. The first-order chi connectivity index (χ1) is 7.42. The first kappa shape index (κ1) is 14.0. The normalized spacial score (nSPS) is 22.2. The molecule has 0 aromatic heterocycles. The van der Waals surface area contributed by atoms with Crippen LogP contribution in [0.5, 0.6) is 0 Å². The molecule has 1 aliphatic heterocycles. The number of aliphatic imine (C=N–C) groups is 1. The number of aldehydes is 1. The van der Waals surface area contributed by atoms with E-state index >= 15 is 0 Å². The van der Waals surface area contributed by atoms with Crippen molar-refractivity contribution in [1.29, 1.82) is 0 Å². The molecule has 0 saturated heterocycles. The van der Waals surface area contributed by atoms with Gasteiger partial charge in [-0.05, 0) is 22.0 Å². The van der Waals surface area contributed by atoms with Gasteiger partial charge in [0.1, 0.15) is 6.73 Å². The van der Waals surface area contributed by atoms with E-state index in [1.54, 1.807) is 0 Å². The molecule has 0 aromatic rings. The smallest absolute Gasteiger partial charge is 0.165 e. The van der Waals surface area contributed by atoms with E-state index in [4.69, 9.17) is 4.74 Å². The van der Waals surface area contributed by atoms with Crippen LogP contribution in [0.4, 0.5) is 0 Å². The number of nitrogens with zero attached hydrogens (tertiary/aromatic N) is 2. The first-order valence-electron chi connectivity index (χ1n) is 5.40. The number of alkyl halides is 1. The molecule has 1 aliphatic rings. The minimum atomic E-state index is -1.01. The summed E-state index contributed by atoms with van der Waals surface area (Å²) in [6, 6.07) is 1.16. The molecule has 0 aromatic carbocycles. The number of carbonyl (C=O) groups is 1. The summed E-state index contributed by atoms with van der Waals surface area (Å²) in [7, 11) is -1.01. The Bertz CT molecular complexity index is 278. The summed E-state index contributed by atoms with van der Waals surface area (Å²) in [6.07, 6.45) is 0.802. The molecule has 0 saturated carbocycles. The maximum atomic E-state index is 10.5. The molecule has 0 fully saturated rings. The predicted molar refractivity (Wildman–Crippen MR) is 71.9 cm³/mol. The quantitative estimate of drug-likeness (QED) is 0.248. The number of halogens is 1. The van der Waals surface area contributed by atoms with Crippen molar-refractivity contribution in [3.8, 4) is 0 Å². The van der Waals surface area contributed by atoms with Crippen LogP contribution in [-0.2, 0) is 9.53 Å². The van der Waals surface area contributed by atoms with Gasteiger partial charge in [-0.25, -0.2) is 4.90 Å². The van der Waals surface area contributed by atoms with E-state index in [1.165, 1.54) is 0 Å². The van der Waals surface area contributed by atoms with Crippen LogP contribution in [0.1, 0.15) is 0 Å². The summed E-state index contributed by atoms with van der Waals surface area (Å²) in [4.78, 5) is 16.7. The fourth-order valence-electron chi connectivity index (χ4n) is 1.28. The van der Waals surface area contributed by atoms with E-state index in [0.29, 0.717) is 19.0 Å². The Morgan fingerprint density at radius 1 is 1.62 bits per heavy atom. The van der Waals surface area contributed by atoms with Crippen LogP contribution in [0, 0.1) is 0 Å². The molecule has 16 heavy (non-hydrogen) atoms. The van der Waals surface area contributed by atoms with Crippen molar-refractivity contribution in [2.24, 2.45) is 4.99 Å². The van der Waals surface area contributed by atoms with Gasteiger partial charge in [0.2, 0.25) is 0 Å². The molecule has 92 valence electrons. The molecule has 0 bridgehead atoms. The van der Waals surface area contributed by atoms with Crippen LogP contribution in [-0.4, -0.2) is 49.9 Å². The van der Waals surface area contributed by atoms with Crippen molar-refractivity contribution in [2.45, 2.75) is 30.8 Å². The first-order valence-corrected chi connectivity index (χ1v) is 10.0. The SMILES string of the molecule is C[Si](C)(C)CCOCN1CC(C=O)=NC1Br. The second-order valence-electron chi connectivity index (χ2n) is 5.14. The highest BCUT2D eigenvalue weighted by molar-refractivity contribution is 9.09. The minimum Gasteiger partial charge on any atom is -0.366 e. The second-order valence-corrected chi connectivity index (χ2v) is 11.6. The maximum Gasteiger partial charge on any atom is 0.165 e. The summed E-state index contributed by atoms with van der Waals surface area (Å²) in [5, 5.41) is -0.111. The van der Waals surface area contributed by atoms with Gasteiger partial charge in [0.05, 0.1) is 5.71 Å². The molecular formula is C10H19BrN2O2Si. The van der Waals surface area contributed by atoms with Gasteiger partial charge < -0.3 is 4.74 Å². The Morgan fingerprint density at radius 2 is 2.31 bits per heavy atom. The maximum absolute atomic E-state index is 10.5. The van der Waals surface area contributed by atoms with Crippen LogP contribution in [0.2, 0.25) is 25.7 Å². The summed E-state index contributed by atoms with van der Waals surface area (Å²) >= 11 is 3.39. The van der Waals surface area contributed by atoms with Gasteiger partial charge >= 0.3 is 0 Å². The predicted octanol–water partition coefficient (Wildman–Crippen LogP) is 1.93. The van der Waals surface area contributed by atoms with Gasteiger partial charge in [0.15, 0.2) is 11.4 Å². The van der Waals surface area contributed by atoms with E-state index in [2.05, 4.69) is 40.6 Å². The third-order valence-corrected chi connectivity index (χ3v) is 4.82. The van der Waals surface area contributed by atoms with Crippen molar-refractivity contribution >= 4 is 36.0 Å². The van der Waals surface area contributed by atoms with Gasteiger partial charge in [0.25, 0.3) is 0 Å². The second kappa shape index (κ2) is 6.04. The zero-order valence-corrected chi connectivity index (χ0v) is 12.7. The lowest BCUT2D eigenvalue weighted by atomic mass is 10.4. The summed E-state index contributed by atoms with van der Waals surface area (Å²) in [5.74, 6) is 0. The minimum absolute atomic E-state index is 0.111. The summed E-state index contributed by atoms with van der Waals surface area (Å²) in [6.45, 7) is 8.88. The highest BCUT2D eigenvalue weighted by atomic mass is 79.9. The fraction of sp³-hybridized carbons (Fsp3) is 0.800. The van der Waals surface area contributed by atoms with Gasteiger partial charge in [-0.2, -0.15) is 0 Å². The standard InChI is InChI=1S/C10H19BrN2O2Si/c1-16(2,3)5-4-15-8-13-6-9(7-14)12-10(13)11/h7,10H,4-6,8H2,1-3H3. The lowest BCUT2D eigenvalue weighted by molar-refractivity contribution is -0.102. The van der Waals surface area contributed by atoms with E-state index in [0.717, 1.165) is 18.9 Å². The molecule has 1 heterocycles. The van der Waals surface area contributed by atoms with Crippen molar-refractivity contribution in [1.82, 2.24) is 4.90 Å². The Balaban J connectivity index is 2.18. The molecule has 1 unspecified atom stereocenters. The Morgan fingerprint density at radius 3 is 2.81 bits per heavy atom. The molecule has 1 rings (SSSR count). The number of hydrogen-bond donors (Lipinski definition) is 0. The Kier molecular flexibility index (Phi) is 5.30. The monoisotopic (exact) mass is 306 g/mol. The van der Waals surface area contributed by atoms with E-state index in [-0.39, 0.29) is 5.08 Å². The largest absolute Gasteiger partial charge is 0.366 e. The molecule has 0 radical (unpaired) electrons. The number of rotatable bonds is 6. The van der Waals surface area contributed by atoms with Gasteiger partial charge in [-0.3, -0.25) is 9.79 Å². The van der Waals surface area contributed by atoms with Gasteiger partial charge in [-0.15, -0.1) is 0 Å². The number of ether oxygens (including phenoxy) is 1. The average molecular weight is 307 g/mol. The molecule has 6 heteroatoms. The number of carbonyl (C=O) groups excluding carboxylic acids is 1. The average Bonchev–Trinajstić information content (AvgIpc) is 2.53. The van der Waals surface area contributed by atoms with Crippen LogP contribution < -0.4 is 0 Å². The van der Waals surface area contributed by atoms with Crippen molar-refractivity contribution in [2.75, 3.05) is 19.9 Å². The van der Waals surface area contributed by atoms with Crippen LogP contribution in [0.15, 0.2) is 4.99 Å². The third-order valence-electron chi connectivity index (χ3n) is 2.33. The summed E-state index contributed by atoms with van der Waals surface area (Å²) < 4.78 is 5.60. The highest BCUT2D eigenvalue weighted by Gasteiger charge is 2.23. The zero-order valence-electron chi connectivity index (χ0n) is 10.1. The van der Waals surface area contributed by atoms with Gasteiger partial charge in [-0.1, -0.05) is 19.6 Å². The topological polar surface area (TPSA) is 41.9 Å². The molecule has 0 N–H and O–H groups in total. The molecule has 0 amide bonds. The number of hydrogen-bond acceptors (Lipinski definition) is 4. The molecule has 4 nitrogen and oxygen atoms in total. The van der Waals surface area contributed by atoms with E-state index < -0.39 is 8.07 Å². The fourth-order valence-corrected chi connectivity index (χ4v) is 2.56. The van der Waals surface area contributed by atoms with Crippen LogP contribution >= 0.6 is 15.9 Å².